The van der Waals surface area contributed by atoms with E-state index < -0.39 is 0 Å². The number of amides is 1. The highest BCUT2D eigenvalue weighted by atomic mass is 32.2. The number of hydrogen-bond acceptors (Lipinski definition) is 5. The van der Waals surface area contributed by atoms with Crippen molar-refractivity contribution in [2.24, 2.45) is 0 Å². The van der Waals surface area contributed by atoms with Crippen molar-refractivity contribution >= 4 is 29.0 Å². The molecule has 1 amide bonds. The molecule has 0 bridgehead atoms. The van der Waals surface area contributed by atoms with E-state index in [0.717, 1.165) is 16.7 Å². The van der Waals surface area contributed by atoms with Gasteiger partial charge < -0.3 is 5.32 Å². The van der Waals surface area contributed by atoms with Crippen LogP contribution in [-0.2, 0) is 6.42 Å². The highest BCUT2D eigenvalue weighted by molar-refractivity contribution is 7.98. The van der Waals surface area contributed by atoms with Crippen molar-refractivity contribution in [2.45, 2.75) is 11.6 Å². The van der Waals surface area contributed by atoms with Crippen molar-refractivity contribution in [2.75, 3.05) is 12.8 Å². The monoisotopic (exact) mass is 362 g/mol. The minimum atomic E-state index is -0.290. The van der Waals surface area contributed by atoms with E-state index in [-0.39, 0.29) is 11.7 Å². The first-order valence-corrected chi connectivity index (χ1v) is 9.35. The number of nitrogens with zero attached hydrogens (tertiary/aromatic N) is 3. The lowest BCUT2D eigenvalue weighted by Gasteiger charge is -2.09. The van der Waals surface area contributed by atoms with Gasteiger partial charge in [-0.2, -0.15) is 0 Å². The molecule has 1 N–H and O–H groups in total. The van der Waals surface area contributed by atoms with E-state index in [1.807, 2.05) is 22.3 Å². The smallest absolute Gasteiger partial charge is 0.261 e. The number of nitrogens with one attached hydrogen (secondary N) is 1. The lowest BCUT2D eigenvalue weighted by Crippen LogP contribution is -2.25. The summed E-state index contributed by atoms with van der Waals surface area (Å²) >= 11 is 2.87. The van der Waals surface area contributed by atoms with Crippen LogP contribution in [0.5, 0.6) is 0 Å². The van der Waals surface area contributed by atoms with Crippen LogP contribution in [0.1, 0.15) is 15.5 Å². The molecule has 5 nitrogen and oxygen atoms in total. The number of carbonyl (C=O) groups excluding carboxylic acids is 1. The molecule has 0 spiro atoms. The third-order valence-electron chi connectivity index (χ3n) is 3.35. The first kappa shape index (κ1) is 16.7. The minimum Gasteiger partial charge on any atom is -0.351 e. The van der Waals surface area contributed by atoms with Gasteiger partial charge in [0, 0.05) is 18.7 Å². The summed E-state index contributed by atoms with van der Waals surface area (Å²) in [6.07, 6.45) is 2.44. The van der Waals surface area contributed by atoms with Crippen LogP contribution in [0.25, 0.3) is 5.69 Å². The lowest BCUT2D eigenvalue weighted by molar-refractivity contribution is 0.0958. The SMILES string of the molecule is CSc1nnc(CCNC(=O)c2cccs2)n1-c1ccc(F)cc1. The normalized spacial score (nSPS) is 10.8. The van der Waals surface area contributed by atoms with E-state index in [4.69, 9.17) is 0 Å². The highest BCUT2D eigenvalue weighted by Gasteiger charge is 2.14. The zero-order valence-electron chi connectivity index (χ0n) is 12.9. The predicted octanol–water partition coefficient (Wildman–Crippen LogP) is 3.16. The molecule has 2 aromatic heterocycles. The van der Waals surface area contributed by atoms with E-state index in [0.29, 0.717) is 17.8 Å². The van der Waals surface area contributed by atoms with Crippen LogP contribution in [0.2, 0.25) is 0 Å². The molecule has 0 saturated heterocycles. The second-order valence-electron chi connectivity index (χ2n) is 4.90. The van der Waals surface area contributed by atoms with E-state index in [1.165, 1.54) is 35.2 Å². The minimum absolute atomic E-state index is 0.0945. The van der Waals surface area contributed by atoms with Gasteiger partial charge in [-0.3, -0.25) is 9.36 Å². The van der Waals surface area contributed by atoms with E-state index in [9.17, 15) is 9.18 Å². The molecule has 1 aromatic carbocycles. The van der Waals surface area contributed by atoms with Crippen LogP contribution in [0.4, 0.5) is 4.39 Å². The summed E-state index contributed by atoms with van der Waals surface area (Å²) in [6.45, 7) is 0.449. The van der Waals surface area contributed by atoms with E-state index in [2.05, 4.69) is 15.5 Å². The van der Waals surface area contributed by atoms with Crippen LogP contribution in [0.15, 0.2) is 46.9 Å². The fourth-order valence-corrected chi connectivity index (χ4v) is 3.38. The Balaban J connectivity index is 1.73. The second kappa shape index (κ2) is 7.59. The fourth-order valence-electron chi connectivity index (χ4n) is 2.23. The van der Waals surface area contributed by atoms with Gasteiger partial charge in [-0.05, 0) is 42.0 Å². The number of thiophene rings is 1. The summed E-state index contributed by atoms with van der Waals surface area (Å²) in [5, 5.41) is 13.8. The molecule has 0 atom stereocenters. The third kappa shape index (κ3) is 3.65. The van der Waals surface area contributed by atoms with Crippen LogP contribution in [-0.4, -0.2) is 33.5 Å². The van der Waals surface area contributed by atoms with Crippen molar-refractivity contribution in [1.29, 1.82) is 0 Å². The Kier molecular flexibility index (Phi) is 5.27. The van der Waals surface area contributed by atoms with Gasteiger partial charge in [-0.1, -0.05) is 17.8 Å². The molecule has 8 heteroatoms. The van der Waals surface area contributed by atoms with Gasteiger partial charge >= 0.3 is 0 Å². The van der Waals surface area contributed by atoms with Crippen molar-refractivity contribution in [3.05, 3.63) is 58.3 Å². The maximum atomic E-state index is 13.1. The molecule has 0 unspecified atom stereocenters. The number of hydrogen-bond donors (Lipinski definition) is 1. The molecule has 2 heterocycles. The summed E-state index contributed by atoms with van der Waals surface area (Å²) < 4.78 is 15.0. The molecule has 0 aliphatic heterocycles. The zero-order chi connectivity index (χ0) is 16.9. The molecule has 124 valence electrons. The summed E-state index contributed by atoms with van der Waals surface area (Å²) in [7, 11) is 0. The molecule has 0 aliphatic rings. The van der Waals surface area contributed by atoms with E-state index in [1.54, 1.807) is 18.2 Å². The van der Waals surface area contributed by atoms with Crippen molar-refractivity contribution in [1.82, 2.24) is 20.1 Å². The molecular formula is C16H15FN4OS2. The fraction of sp³-hybridized carbons (Fsp3) is 0.188. The molecule has 3 aromatic rings. The summed E-state index contributed by atoms with van der Waals surface area (Å²) in [5.74, 6) is 0.336. The number of benzene rings is 1. The number of rotatable bonds is 6. The van der Waals surface area contributed by atoms with Crippen LogP contribution in [0, 0.1) is 5.82 Å². The Morgan fingerprint density at radius 2 is 2.08 bits per heavy atom. The standard InChI is InChI=1S/C16H15FN4OS2/c1-23-16-20-19-14(21(16)12-6-4-11(17)5-7-12)8-9-18-15(22)13-3-2-10-24-13/h2-7,10H,8-9H2,1H3,(H,18,22). The van der Waals surface area contributed by atoms with Gasteiger partial charge in [-0.15, -0.1) is 21.5 Å². The lowest BCUT2D eigenvalue weighted by atomic mass is 10.3. The van der Waals surface area contributed by atoms with E-state index >= 15 is 0 Å². The topological polar surface area (TPSA) is 59.8 Å². The molecule has 24 heavy (non-hydrogen) atoms. The summed E-state index contributed by atoms with van der Waals surface area (Å²) in [5.41, 5.74) is 0.797. The molecule has 0 fully saturated rings. The second-order valence-corrected chi connectivity index (χ2v) is 6.62. The van der Waals surface area contributed by atoms with Crippen LogP contribution in [0.3, 0.4) is 0 Å². The maximum absolute atomic E-state index is 13.1. The van der Waals surface area contributed by atoms with Crippen molar-refractivity contribution < 1.29 is 9.18 Å². The first-order chi connectivity index (χ1) is 11.7. The molecule has 0 radical (unpaired) electrons. The molecule has 3 rings (SSSR count). The Hall–Kier alpha value is -2.19. The first-order valence-electron chi connectivity index (χ1n) is 7.25. The molecule has 0 aliphatic carbocycles. The Bertz CT molecular complexity index is 815. The predicted molar refractivity (Wildman–Crippen MR) is 93.5 cm³/mol. The number of thioether (sulfide) groups is 1. The van der Waals surface area contributed by atoms with Crippen molar-refractivity contribution in [3.63, 3.8) is 0 Å². The molecular weight excluding hydrogens is 347 g/mol. The number of halogens is 1. The Morgan fingerprint density at radius 1 is 1.29 bits per heavy atom. The number of carbonyl (C=O) groups is 1. The quantitative estimate of drug-likeness (QED) is 0.684. The van der Waals surface area contributed by atoms with Crippen molar-refractivity contribution in [3.8, 4) is 5.69 Å². The van der Waals surface area contributed by atoms with Gasteiger partial charge in [0.05, 0.1) is 4.88 Å². The van der Waals surface area contributed by atoms with Gasteiger partial charge in [0.25, 0.3) is 5.91 Å². The summed E-state index contributed by atoms with van der Waals surface area (Å²) in [4.78, 5) is 12.6. The Labute approximate surface area is 146 Å². The average molecular weight is 362 g/mol. The van der Waals surface area contributed by atoms with Crippen LogP contribution < -0.4 is 5.32 Å². The van der Waals surface area contributed by atoms with Gasteiger partial charge in [-0.25, -0.2) is 4.39 Å². The number of aromatic nitrogens is 3. The van der Waals surface area contributed by atoms with Crippen LogP contribution >= 0.6 is 23.1 Å². The summed E-state index contributed by atoms with van der Waals surface area (Å²) in [6, 6.07) is 9.81. The third-order valence-corrected chi connectivity index (χ3v) is 4.84. The highest BCUT2D eigenvalue weighted by Crippen LogP contribution is 2.20. The maximum Gasteiger partial charge on any atom is 0.261 e. The molecule has 0 saturated carbocycles. The van der Waals surface area contributed by atoms with Gasteiger partial charge in [0.1, 0.15) is 11.6 Å². The largest absolute Gasteiger partial charge is 0.351 e. The van der Waals surface area contributed by atoms with Gasteiger partial charge in [0.15, 0.2) is 5.16 Å². The Morgan fingerprint density at radius 3 is 2.75 bits per heavy atom. The van der Waals surface area contributed by atoms with Gasteiger partial charge in [0.2, 0.25) is 0 Å². The zero-order valence-corrected chi connectivity index (χ0v) is 14.5. The average Bonchev–Trinajstić information content (AvgIpc) is 3.25.